The molecule has 3 aromatic rings. The number of nitrogens with one attached hydrogen (secondary N) is 1. The van der Waals surface area contributed by atoms with E-state index in [-0.39, 0.29) is 11.8 Å². The molecule has 0 spiro atoms. The zero-order valence-corrected chi connectivity index (χ0v) is 15.2. The molecule has 2 heterocycles. The number of ether oxygens (including phenoxy) is 1. The van der Waals surface area contributed by atoms with Gasteiger partial charge in [-0.2, -0.15) is 0 Å². The normalized spacial score (nSPS) is 11.1. The molecule has 1 N–H and O–H groups in total. The lowest BCUT2D eigenvalue weighted by Gasteiger charge is -2.07. The molecule has 0 unspecified atom stereocenters. The molecule has 0 aliphatic rings. The SMILES string of the molecule is COC(=O)c1cccc(NC(=O)c2sc3nnc(C(C)C)n3c2C)c1. The molecular weight excluding hydrogens is 340 g/mol. The van der Waals surface area contributed by atoms with Gasteiger partial charge in [-0.15, -0.1) is 10.2 Å². The molecular formula is C17H18N4O3S. The number of hydrogen-bond donors (Lipinski definition) is 1. The molecule has 130 valence electrons. The van der Waals surface area contributed by atoms with Gasteiger partial charge in [0.2, 0.25) is 4.96 Å². The van der Waals surface area contributed by atoms with Crippen molar-refractivity contribution >= 4 is 33.9 Å². The van der Waals surface area contributed by atoms with Gasteiger partial charge < -0.3 is 10.1 Å². The Morgan fingerprint density at radius 2 is 2.04 bits per heavy atom. The predicted molar refractivity (Wildman–Crippen MR) is 95.4 cm³/mol. The second-order valence-electron chi connectivity index (χ2n) is 5.87. The monoisotopic (exact) mass is 358 g/mol. The van der Waals surface area contributed by atoms with E-state index in [1.165, 1.54) is 18.4 Å². The summed E-state index contributed by atoms with van der Waals surface area (Å²) in [6.07, 6.45) is 0. The summed E-state index contributed by atoms with van der Waals surface area (Å²) in [4.78, 5) is 25.5. The maximum Gasteiger partial charge on any atom is 0.337 e. The Hall–Kier alpha value is -2.74. The fraction of sp³-hybridized carbons (Fsp3) is 0.294. The van der Waals surface area contributed by atoms with Crippen LogP contribution in [0.5, 0.6) is 0 Å². The molecule has 0 aliphatic carbocycles. The maximum atomic E-state index is 12.7. The lowest BCUT2D eigenvalue weighted by Crippen LogP contribution is -2.13. The Morgan fingerprint density at radius 3 is 2.72 bits per heavy atom. The van der Waals surface area contributed by atoms with Crippen molar-refractivity contribution < 1.29 is 14.3 Å². The Kier molecular flexibility index (Phi) is 4.54. The van der Waals surface area contributed by atoms with Crippen molar-refractivity contribution in [2.45, 2.75) is 26.7 Å². The lowest BCUT2D eigenvalue weighted by molar-refractivity contribution is 0.0600. The van der Waals surface area contributed by atoms with E-state index in [0.29, 0.717) is 21.1 Å². The number of benzene rings is 1. The van der Waals surface area contributed by atoms with Crippen LogP contribution in [-0.4, -0.2) is 33.6 Å². The van der Waals surface area contributed by atoms with Crippen molar-refractivity contribution in [1.82, 2.24) is 14.6 Å². The van der Waals surface area contributed by atoms with Crippen LogP contribution in [0.2, 0.25) is 0 Å². The van der Waals surface area contributed by atoms with E-state index in [1.807, 2.05) is 25.2 Å². The first-order valence-corrected chi connectivity index (χ1v) is 8.58. The van der Waals surface area contributed by atoms with Crippen molar-refractivity contribution in [1.29, 1.82) is 0 Å². The molecule has 8 heteroatoms. The van der Waals surface area contributed by atoms with Crippen molar-refractivity contribution in [2.24, 2.45) is 0 Å². The number of rotatable bonds is 4. The van der Waals surface area contributed by atoms with Crippen molar-refractivity contribution in [2.75, 3.05) is 12.4 Å². The smallest absolute Gasteiger partial charge is 0.337 e. The summed E-state index contributed by atoms with van der Waals surface area (Å²) in [7, 11) is 1.32. The highest BCUT2D eigenvalue weighted by Gasteiger charge is 2.21. The number of amides is 1. The highest BCUT2D eigenvalue weighted by Crippen LogP contribution is 2.26. The minimum atomic E-state index is -0.450. The van der Waals surface area contributed by atoms with Gasteiger partial charge >= 0.3 is 5.97 Å². The lowest BCUT2D eigenvalue weighted by atomic mass is 10.2. The van der Waals surface area contributed by atoms with Crippen LogP contribution in [-0.2, 0) is 4.74 Å². The number of anilines is 1. The highest BCUT2D eigenvalue weighted by molar-refractivity contribution is 7.19. The van der Waals surface area contributed by atoms with E-state index in [0.717, 1.165) is 11.5 Å². The van der Waals surface area contributed by atoms with Gasteiger partial charge in [-0.3, -0.25) is 9.20 Å². The first-order chi connectivity index (χ1) is 11.9. The topological polar surface area (TPSA) is 85.6 Å². The summed E-state index contributed by atoms with van der Waals surface area (Å²) in [5.41, 5.74) is 1.71. The largest absolute Gasteiger partial charge is 0.465 e. The Labute approximate surface area is 148 Å². The third-order valence-electron chi connectivity index (χ3n) is 3.78. The van der Waals surface area contributed by atoms with Crippen LogP contribution in [0.3, 0.4) is 0 Å². The van der Waals surface area contributed by atoms with Gasteiger partial charge in [0.15, 0.2) is 0 Å². The zero-order valence-electron chi connectivity index (χ0n) is 14.4. The molecule has 0 atom stereocenters. The molecule has 1 amide bonds. The van der Waals surface area contributed by atoms with E-state index >= 15 is 0 Å². The number of aromatic nitrogens is 3. The van der Waals surface area contributed by atoms with E-state index < -0.39 is 5.97 Å². The van der Waals surface area contributed by atoms with Gasteiger partial charge in [-0.1, -0.05) is 31.3 Å². The zero-order chi connectivity index (χ0) is 18.1. The number of methoxy groups -OCH3 is 1. The number of carbonyl (C=O) groups is 2. The molecule has 0 bridgehead atoms. The predicted octanol–water partition coefficient (Wildman–Crippen LogP) is 3.26. The summed E-state index contributed by atoms with van der Waals surface area (Å²) in [6.45, 7) is 5.94. The van der Waals surface area contributed by atoms with E-state index in [1.54, 1.807) is 24.3 Å². The summed E-state index contributed by atoms with van der Waals surface area (Å²) in [5, 5.41) is 11.2. The first-order valence-electron chi connectivity index (χ1n) is 7.76. The molecule has 7 nitrogen and oxygen atoms in total. The number of nitrogens with zero attached hydrogens (tertiary/aromatic N) is 3. The minimum absolute atomic E-state index is 0.205. The molecule has 0 fully saturated rings. The van der Waals surface area contributed by atoms with Crippen LogP contribution >= 0.6 is 11.3 Å². The number of hydrogen-bond acceptors (Lipinski definition) is 6. The highest BCUT2D eigenvalue weighted by atomic mass is 32.1. The van der Waals surface area contributed by atoms with Gasteiger partial charge in [-0.05, 0) is 25.1 Å². The average Bonchev–Trinajstić information content (AvgIpc) is 3.15. The molecule has 2 aromatic heterocycles. The number of fused-ring (bicyclic) bond motifs is 1. The quantitative estimate of drug-likeness (QED) is 0.724. The molecule has 25 heavy (non-hydrogen) atoms. The van der Waals surface area contributed by atoms with E-state index in [4.69, 9.17) is 4.74 Å². The van der Waals surface area contributed by atoms with Crippen LogP contribution in [0.4, 0.5) is 5.69 Å². The number of carbonyl (C=O) groups excluding carboxylic acids is 2. The maximum absolute atomic E-state index is 12.7. The van der Waals surface area contributed by atoms with Gasteiger partial charge in [0.05, 0.1) is 12.7 Å². The second kappa shape index (κ2) is 6.64. The summed E-state index contributed by atoms with van der Waals surface area (Å²) < 4.78 is 6.61. The Morgan fingerprint density at radius 1 is 1.28 bits per heavy atom. The third kappa shape index (κ3) is 3.12. The molecule has 0 radical (unpaired) electrons. The van der Waals surface area contributed by atoms with Crippen molar-refractivity contribution in [3.8, 4) is 0 Å². The summed E-state index contributed by atoms with van der Waals surface area (Å²) in [6, 6.07) is 6.63. The number of aryl methyl sites for hydroxylation is 1. The second-order valence-corrected chi connectivity index (χ2v) is 6.85. The Bertz CT molecular complexity index is 958. The van der Waals surface area contributed by atoms with E-state index in [9.17, 15) is 9.59 Å². The molecule has 1 aromatic carbocycles. The van der Waals surface area contributed by atoms with Gasteiger partial charge in [0, 0.05) is 17.3 Å². The molecule has 3 rings (SSSR count). The molecule has 0 saturated carbocycles. The van der Waals surface area contributed by atoms with Crippen LogP contribution in [0.1, 0.15) is 51.3 Å². The third-order valence-corrected chi connectivity index (χ3v) is 4.91. The van der Waals surface area contributed by atoms with Crippen molar-refractivity contribution in [3.63, 3.8) is 0 Å². The Balaban J connectivity index is 1.90. The van der Waals surface area contributed by atoms with Gasteiger partial charge in [0.1, 0.15) is 10.7 Å². The van der Waals surface area contributed by atoms with Crippen molar-refractivity contribution in [3.05, 3.63) is 46.2 Å². The van der Waals surface area contributed by atoms with Crippen LogP contribution < -0.4 is 5.32 Å². The molecule has 0 aliphatic heterocycles. The summed E-state index contributed by atoms with van der Waals surface area (Å²) in [5.74, 6) is 0.339. The molecule has 0 saturated heterocycles. The fourth-order valence-electron chi connectivity index (χ4n) is 2.54. The van der Waals surface area contributed by atoms with E-state index in [2.05, 4.69) is 15.5 Å². The van der Waals surface area contributed by atoms with Crippen LogP contribution in [0, 0.1) is 6.92 Å². The average molecular weight is 358 g/mol. The van der Waals surface area contributed by atoms with Crippen LogP contribution in [0.25, 0.3) is 4.96 Å². The minimum Gasteiger partial charge on any atom is -0.465 e. The van der Waals surface area contributed by atoms with Gasteiger partial charge in [0.25, 0.3) is 5.91 Å². The van der Waals surface area contributed by atoms with Gasteiger partial charge in [-0.25, -0.2) is 4.79 Å². The van der Waals surface area contributed by atoms with Crippen LogP contribution in [0.15, 0.2) is 24.3 Å². The number of esters is 1. The summed E-state index contributed by atoms with van der Waals surface area (Å²) >= 11 is 1.29. The first kappa shape index (κ1) is 17.1. The fourth-order valence-corrected chi connectivity index (χ4v) is 3.51. The standard InChI is InChI=1S/C17H18N4O3S/c1-9(2)14-19-20-17-21(14)10(3)13(25-17)15(22)18-12-7-5-6-11(8-12)16(23)24-4/h5-9H,1-4H3,(H,18,22). The number of thiazole rings is 1.